The molecule has 0 saturated carbocycles. The molecule has 0 radical (unpaired) electrons. The summed E-state index contributed by atoms with van der Waals surface area (Å²) in [6, 6.07) is 11.9. The van der Waals surface area contributed by atoms with E-state index in [4.69, 9.17) is 9.47 Å². The number of benzene rings is 2. The van der Waals surface area contributed by atoms with Crippen molar-refractivity contribution in [3.05, 3.63) is 53.1 Å². The Morgan fingerprint density at radius 2 is 1.61 bits per heavy atom. The van der Waals surface area contributed by atoms with Gasteiger partial charge in [-0.1, -0.05) is 29.8 Å². The molecule has 0 aliphatic rings. The summed E-state index contributed by atoms with van der Waals surface area (Å²) < 4.78 is 10.5. The van der Waals surface area contributed by atoms with E-state index in [1.165, 1.54) is 5.56 Å². The van der Waals surface area contributed by atoms with Gasteiger partial charge in [-0.05, 0) is 37.5 Å². The van der Waals surface area contributed by atoms with Gasteiger partial charge < -0.3 is 14.8 Å². The fraction of sp³-hybridized carbons (Fsp3) is 0.316. The summed E-state index contributed by atoms with van der Waals surface area (Å²) >= 11 is 0. The molecule has 0 bridgehead atoms. The Labute approximate surface area is 137 Å². The highest BCUT2D eigenvalue weighted by molar-refractivity contribution is 5.92. The molecular formula is C19H23NO3. The summed E-state index contributed by atoms with van der Waals surface area (Å²) in [6.07, 6.45) is 1.16. The summed E-state index contributed by atoms with van der Waals surface area (Å²) in [6.45, 7) is 3.98. The molecule has 0 saturated heterocycles. The first-order chi connectivity index (χ1) is 11.0. The molecular weight excluding hydrogens is 290 g/mol. The molecule has 122 valence electrons. The number of carbonyl (C=O) groups excluding carboxylic acids is 1. The van der Waals surface area contributed by atoms with Gasteiger partial charge >= 0.3 is 0 Å². The van der Waals surface area contributed by atoms with Crippen molar-refractivity contribution in [1.82, 2.24) is 0 Å². The van der Waals surface area contributed by atoms with Crippen molar-refractivity contribution in [1.29, 1.82) is 0 Å². The maximum atomic E-state index is 12.2. The third-order valence-electron chi connectivity index (χ3n) is 3.77. The fourth-order valence-electron chi connectivity index (χ4n) is 2.34. The van der Waals surface area contributed by atoms with Gasteiger partial charge in [0, 0.05) is 18.2 Å². The summed E-state index contributed by atoms with van der Waals surface area (Å²) in [7, 11) is 3.17. The Bertz CT molecular complexity index is 678. The van der Waals surface area contributed by atoms with E-state index in [0.29, 0.717) is 17.9 Å². The predicted octanol–water partition coefficient (Wildman–Crippen LogP) is 3.89. The molecule has 0 unspecified atom stereocenters. The molecule has 2 aromatic carbocycles. The molecule has 0 aliphatic heterocycles. The maximum absolute atomic E-state index is 12.2. The first kappa shape index (κ1) is 16.9. The molecule has 1 amide bonds. The monoisotopic (exact) mass is 313 g/mol. The van der Waals surface area contributed by atoms with Gasteiger partial charge in [0.1, 0.15) is 0 Å². The van der Waals surface area contributed by atoms with Crippen LogP contribution in [0.5, 0.6) is 11.5 Å². The lowest BCUT2D eigenvalue weighted by atomic mass is 10.1. The molecule has 4 heteroatoms. The molecule has 2 aromatic rings. The second kappa shape index (κ2) is 7.68. The number of rotatable bonds is 6. The highest BCUT2D eigenvalue weighted by Gasteiger charge is 2.11. The topological polar surface area (TPSA) is 47.6 Å². The van der Waals surface area contributed by atoms with Crippen molar-refractivity contribution in [3.8, 4) is 11.5 Å². The van der Waals surface area contributed by atoms with Crippen molar-refractivity contribution in [2.24, 2.45) is 0 Å². The highest BCUT2D eigenvalue weighted by atomic mass is 16.5. The van der Waals surface area contributed by atoms with Gasteiger partial charge in [0.25, 0.3) is 0 Å². The molecule has 4 nitrogen and oxygen atoms in total. The summed E-state index contributed by atoms with van der Waals surface area (Å²) in [5.74, 6) is 1.25. The van der Waals surface area contributed by atoms with Crippen molar-refractivity contribution in [2.45, 2.75) is 26.7 Å². The average Bonchev–Trinajstić information content (AvgIpc) is 2.55. The third-order valence-corrected chi connectivity index (χ3v) is 3.77. The molecule has 2 rings (SSSR count). The number of hydrogen-bond acceptors (Lipinski definition) is 3. The first-order valence-electron chi connectivity index (χ1n) is 7.61. The normalized spacial score (nSPS) is 10.3. The maximum Gasteiger partial charge on any atom is 0.224 e. The third kappa shape index (κ3) is 4.49. The Morgan fingerprint density at radius 3 is 2.22 bits per heavy atom. The minimum Gasteiger partial charge on any atom is -0.493 e. The number of nitrogens with one attached hydrogen (secondary N) is 1. The highest BCUT2D eigenvalue weighted by Crippen LogP contribution is 2.32. The van der Waals surface area contributed by atoms with E-state index < -0.39 is 0 Å². The largest absolute Gasteiger partial charge is 0.493 e. The van der Waals surface area contributed by atoms with Crippen LogP contribution in [-0.2, 0) is 11.2 Å². The fourth-order valence-corrected chi connectivity index (χ4v) is 2.34. The lowest BCUT2D eigenvalue weighted by Crippen LogP contribution is -2.13. The van der Waals surface area contributed by atoms with Gasteiger partial charge in [-0.15, -0.1) is 0 Å². The average molecular weight is 313 g/mol. The lowest BCUT2D eigenvalue weighted by Gasteiger charge is -2.13. The number of amides is 1. The van der Waals surface area contributed by atoms with Crippen molar-refractivity contribution in [2.75, 3.05) is 19.5 Å². The number of hydrogen-bond donors (Lipinski definition) is 1. The van der Waals surface area contributed by atoms with Gasteiger partial charge in [-0.25, -0.2) is 0 Å². The van der Waals surface area contributed by atoms with Gasteiger partial charge in [-0.3, -0.25) is 4.79 Å². The Kier molecular flexibility index (Phi) is 5.63. The molecule has 1 N–H and O–H groups in total. The van der Waals surface area contributed by atoms with Crippen LogP contribution in [0.1, 0.15) is 23.1 Å². The van der Waals surface area contributed by atoms with E-state index in [0.717, 1.165) is 23.2 Å². The standard InChI is InChI=1S/C19H23NO3/c1-13-5-7-15(8-6-13)9-10-19(21)20-16-12-18(23-4)17(22-3)11-14(16)2/h5-8,11-12H,9-10H2,1-4H3,(H,20,21). The van der Waals surface area contributed by atoms with Crippen LogP contribution in [0.15, 0.2) is 36.4 Å². The van der Waals surface area contributed by atoms with E-state index in [9.17, 15) is 4.79 Å². The molecule has 0 fully saturated rings. The summed E-state index contributed by atoms with van der Waals surface area (Å²) in [5.41, 5.74) is 4.07. The summed E-state index contributed by atoms with van der Waals surface area (Å²) in [4.78, 5) is 12.2. The zero-order valence-corrected chi connectivity index (χ0v) is 14.1. The molecule has 0 spiro atoms. The van der Waals surface area contributed by atoms with Crippen LogP contribution in [0.2, 0.25) is 0 Å². The van der Waals surface area contributed by atoms with E-state index in [2.05, 4.69) is 36.5 Å². The van der Waals surface area contributed by atoms with Crippen LogP contribution in [-0.4, -0.2) is 20.1 Å². The van der Waals surface area contributed by atoms with Crippen LogP contribution in [0.3, 0.4) is 0 Å². The SMILES string of the molecule is COc1cc(C)c(NC(=O)CCc2ccc(C)cc2)cc1OC. The number of ether oxygens (including phenoxy) is 2. The van der Waals surface area contributed by atoms with Crippen LogP contribution < -0.4 is 14.8 Å². The number of carbonyl (C=O) groups is 1. The minimum absolute atomic E-state index is 0.0131. The Morgan fingerprint density at radius 1 is 1.00 bits per heavy atom. The zero-order chi connectivity index (χ0) is 16.8. The van der Waals surface area contributed by atoms with E-state index in [1.54, 1.807) is 20.3 Å². The predicted molar refractivity (Wildman–Crippen MR) is 92.4 cm³/mol. The van der Waals surface area contributed by atoms with Crippen LogP contribution >= 0.6 is 0 Å². The smallest absolute Gasteiger partial charge is 0.224 e. The quantitative estimate of drug-likeness (QED) is 0.880. The summed E-state index contributed by atoms with van der Waals surface area (Å²) in [5, 5.41) is 2.94. The van der Waals surface area contributed by atoms with Gasteiger partial charge in [0.2, 0.25) is 5.91 Å². The molecule has 0 heterocycles. The van der Waals surface area contributed by atoms with E-state index in [1.807, 2.05) is 13.0 Å². The molecule has 0 aliphatic carbocycles. The number of anilines is 1. The number of aryl methyl sites for hydroxylation is 3. The first-order valence-corrected chi connectivity index (χ1v) is 7.61. The van der Waals surface area contributed by atoms with Crippen molar-refractivity contribution >= 4 is 11.6 Å². The van der Waals surface area contributed by atoms with Crippen LogP contribution in [0.25, 0.3) is 0 Å². The van der Waals surface area contributed by atoms with Crippen LogP contribution in [0, 0.1) is 13.8 Å². The van der Waals surface area contributed by atoms with Crippen molar-refractivity contribution in [3.63, 3.8) is 0 Å². The van der Waals surface area contributed by atoms with Gasteiger partial charge in [0.15, 0.2) is 11.5 Å². The van der Waals surface area contributed by atoms with Gasteiger partial charge in [-0.2, -0.15) is 0 Å². The van der Waals surface area contributed by atoms with E-state index >= 15 is 0 Å². The minimum atomic E-state index is -0.0131. The zero-order valence-electron chi connectivity index (χ0n) is 14.1. The Balaban J connectivity index is 2.01. The van der Waals surface area contributed by atoms with E-state index in [-0.39, 0.29) is 5.91 Å². The van der Waals surface area contributed by atoms with Crippen molar-refractivity contribution < 1.29 is 14.3 Å². The molecule has 23 heavy (non-hydrogen) atoms. The second-order valence-electron chi connectivity index (χ2n) is 5.56. The number of methoxy groups -OCH3 is 2. The van der Waals surface area contributed by atoms with Crippen LogP contribution in [0.4, 0.5) is 5.69 Å². The second-order valence-corrected chi connectivity index (χ2v) is 5.56. The van der Waals surface area contributed by atoms with Gasteiger partial charge in [0.05, 0.1) is 14.2 Å². The molecule has 0 atom stereocenters. The Hall–Kier alpha value is -2.49. The lowest BCUT2D eigenvalue weighted by molar-refractivity contribution is -0.116. The molecule has 0 aromatic heterocycles.